The maximum atomic E-state index is 11.3. The fraction of sp³-hybridized carbons (Fsp3) is 0.333. The van der Waals surface area contributed by atoms with Gasteiger partial charge in [-0.25, -0.2) is 0 Å². The Labute approximate surface area is 114 Å². The lowest BCUT2D eigenvalue weighted by atomic mass is 10.1. The van der Waals surface area contributed by atoms with E-state index in [1.165, 1.54) is 12.1 Å². The summed E-state index contributed by atoms with van der Waals surface area (Å²) in [5.41, 5.74) is 5.46. The van der Waals surface area contributed by atoms with Gasteiger partial charge in [0.25, 0.3) is 11.6 Å². The molecular weight excluding hydrogens is 264 g/mol. The Morgan fingerprint density at radius 2 is 1.95 bits per heavy atom. The van der Waals surface area contributed by atoms with Crippen molar-refractivity contribution in [1.82, 2.24) is 4.90 Å². The SMILES string of the molecule is NC(=O)c1cc(N2CCN(C=O)CC2)ccc1[N+](=O)[O-]. The lowest BCUT2D eigenvalue weighted by Gasteiger charge is -2.34. The van der Waals surface area contributed by atoms with Crippen LogP contribution in [-0.4, -0.2) is 48.3 Å². The summed E-state index contributed by atoms with van der Waals surface area (Å²) in [5, 5.41) is 10.8. The van der Waals surface area contributed by atoms with Crippen molar-refractivity contribution in [3.8, 4) is 0 Å². The summed E-state index contributed by atoms with van der Waals surface area (Å²) in [6.07, 6.45) is 0.794. The van der Waals surface area contributed by atoms with Crippen LogP contribution in [0, 0.1) is 10.1 Å². The van der Waals surface area contributed by atoms with Crippen molar-refractivity contribution in [3.63, 3.8) is 0 Å². The van der Waals surface area contributed by atoms with Gasteiger partial charge in [0.2, 0.25) is 6.41 Å². The number of primary amides is 1. The molecule has 0 spiro atoms. The second-order valence-electron chi connectivity index (χ2n) is 4.45. The van der Waals surface area contributed by atoms with Crippen molar-refractivity contribution in [2.45, 2.75) is 0 Å². The standard InChI is InChI=1S/C12H14N4O4/c13-12(18)10-7-9(1-2-11(10)16(19)20)15-5-3-14(8-17)4-6-15/h1-2,7-8H,3-6H2,(H2,13,18). The summed E-state index contributed by atoms with van der Waals surface area (Å²) in [5.74, 6) is -0.829. The van der Waals surface area contributed by atoms with Crippen LogP contribution in [0.3, 0.4) is 0 Å². The molecule has 0 aromatic heterocycles. The number of nitrogens with zero attached hydrogens (tertiary/aromatic N) is 3. The third-order valence-electron chi connectivity index (χ3n) is 3.27. The van der Waals surface area contributed by atoms with E-state index in [1.54, 1.807) is 11.0 Å². The predicted octanol–water partition coefficient (Wildman–Crippen LogP) is -0.0279. The highest BCUT2D eigenvalue weighted by atomic mass is 16.6. The molecule has 8 nitrogen and oxygen atoms in total. The number of carbonyl (C=O) groups excluding carboxylic acids is 2. The molecule has 1 aliphatic rings. The van der Waals surface area contributed by atoms with E-state index in [0.29, 0.717) is 31.9 Å². The van der Waals surface area contributed by atoms with Crippen LogP contribution in [0.2, 0.25) is 0 Å². The van der Waals surface area contributed by atoms with Crippen molar-refractivity contribution in [2.24, 2.45) is 5.73 Å². The molecule has 1 heterocycles. The summed E-state index contributed by atoms with van der Waals surface area (Å²) in [4.78, 5) is 35.7. The lowest BCUT2D eigenvalue weighted by molar-refractivity contribution is -0.385. The number of rotatable bonds is 4. The lowest BCUT2D eigenvalue weighted by Crippen LogP contribution is -2.45. The zero-order valence-electron chi connectivity index (χ0n) is 10.7. The van der Waals surface area contributed by atoms with E-state index in [4.69, 9.17) is 5.73 Å². The normalized spacial score (nSPS) is 15.0. The molecule has 0 atom stereocenters. The van der Waals surface area contributed by atoms with Gasteiger partial charge in [-0.3, -0.25) is 19.7 Å². The van der Waals surface area contributed by atoms with Crippen LogP contribution in [0.25, 0.3) is 0 Å². The van der Waals surface area contributed by atoms with Crippen LogP contribution >= 0.6 is 0 Å². The van der Waals surface area contributed by atoms with Crippen molar-refractivity contribution in [1.29, 1.82) is 0 Å². The highest BCUT2D eigenvalue weighted by Gasteiger charge is 2.22. The highest BCUT2D eigenvalue weighted by Crippen LogP contribution is 2.25. The largest absolute Gasteiger partial charge is 0.368 e. The molecule has 20 heavy (non-hydrogen) atoms. The molecule has 0 aliphatic carbocycles. The first-order valence-corrected chi connectivity index (χ1v) is 6.05. The Morgan fingerprint density at radius 3 is 2.45 bits per heavy atom. The topological polar surface area (TPSA) is 110 Å². The van der Waals surface area contributed by atoms with E-state index in [-0.39, 0.29) is 11.3 Å². The number of benzene rings is 1. The zero-order valence-corrected chi connectivity index (χ0v) is 10.7. The molecule has 1 fully saturated rings. The van der Waals surface area contributed by atoms with Gasteiger partial charge >= 0.3 is 0 Å². The molecule has 1 aromatic carbocycles. The molecule has 8 heteroatoms. The van der Waals surface area contributed by atoms with Gasteiger partial charge < -0.3 is 15.5 Å². The first-order chi connectivity index (χ1) is 9.52. The van der Waals surface area contributed by atoms with Crippen molar-refractivity contribution in [3.05, 3.63) is 33.9 Å². The van der Waals surface area contributed by atoms with Gasteiger partial charge in [-0.05, 0) is 12.1 Å². The Hall–Kier alpha value is -2.64. The summed E-state index contributed by atoms with van der Waals surface area (Å²) >= 11 is 0. The van der Waals surface area contributed by atoms with Gasteiger partial charge in [-0.2, -0.15) is 0 Å². The van der Waals surface area contributed by atoms with Crippen LogP contribution in [0.4, 0.5) is 11.4 Å². The number of nitro benzene ring substituents is 1. The van der Waals surface area contributed by atoms with Crippen molar-refractivity contribution < 1.29 is 14.5 Å². The highest BCUT2D eigenvalue weighted by molar-refractivity contribution is 5.98. The first kappa shape index (κ1) is 13.8. The molecule has 2 amide bonds. The zero-order chi connectivity index (χ0) is 14.7. The molecule has 0 saturated carbocycles. The van der Waals surface area contributed by atoms with Crippen LogP contribution in [0.1, 0.15) is 10.4 Å². The van der Waals surface area contributed by atoms with E-state index in [2.05, 4.69) is 0 Å². The summed E-state index contributed by atoms with van der Waals surface area (Å²) in [6.45, 7) is 2.36. The average molecular weight is 278 g/mol. The first-order valence-electron chi connectivity index (χ1n) is 6.05. The Bertz CT molecular complexity index is 552. The van der Waals surface area contributed by atoms with Crippen molar-refractivity contribution in [2.75, 3.05) is 31.1 Å². The molecule has 1 saturated heterocycles. The predicted molar refractivity (Wildman–Crippen MR) is 71.5 cm³/mol. The van der Waals surface area contributed by atoms with Crippen molar-refractivity contribution >= 4 is 23.7 Å². The monoisotopic (exact) mass is 278 g/mol. The molecule has 106 valence electrons. The molecule has 2 N–H and O–H groups in total. The molecular formula is C12H14N4O4. The molecule has 1 aliphatic heterocycles. The Kier molecular flexibility index (Phi) is 3.83. The molecule has 1 aromatic rings. The number of amides is 2. The van der Waals surface area contributed by atoms with Gasteiger partial charge in [-0.15, -0.1) is 0 Å². The van der Waals surface area contributed by atoms with Gasteiger partial charge in [0.05, 0.1) is 4.92 Å². The van der Waals surface area contributed by atoms with E-state index in [9.17, 15) is 19.7 Å². The third-order valence-corrected chi connectivity index (χ3v) is 3.27. The number of anilines is 1. The maximum absolute atomic E-state index is 11.3. The molecule has 2 rings (SSSR count). The average Bonchev–Trinajstić information content (AvgIpc) is 2.46. The number of piperazine rings is 1. The Morgan fingerprint density at radius 1 is 1.30 bits per heavy atom. The van der Waals surface area contributed by atoms with Crippen LogP contribution in [0.15, 0.2) is 18.2 Å². The molecule has 0 bridgehead atoms. The van der Waals surface area contributed by atoms with Gasteiger partial charge in [-0.1, -0.05) is 0 Å². The molecule has 0 radical (unpaired) electrons. The number of hydrogen-bond donors (Lipinski definition) is 1. The van der Waals surface area contributed by atoms with E-state index < -0.39 is 10.8 Å². The van der Waals surface area contributed by atoms with Gasteiger partial charge in [0.1, 0.15) is 5.56 Å². The van der Waals surface area contributed by atoms with Gasteiger partial charge in [0.15, 0.2) is 0 Å². The van der Waals surface area contributed by atoms with Crippen LogP contribution in [-0.2, 0) is 4.79 Å². The van der Waals surface area contributed by atoms with E-state index in [1.807, 2.05) is 4.90 Å². The molecule has 0 unspecified atom stereocenters. The number of hydrogen-bond acceptors (Lipinski definition) is 5. The maximum Gasteiger partial charge on any atom is 0.282 e. The summed E-state index contributed by atoms with van der Waals surface area (Å²) < 4.78 is 0. The second-order valence-corrected chi connectivity index (χ2v) is 4.45. The van der Waals surface area contributed by atoms with Crippen LogP contribution < -0.4 is 10.6 Å². The van der Waals surface area contributed by atoms with Gasteiger partial charge in [0, 0.05) is 37.9 Å². The van der Waals surface area contributed by atoms with E-state index >= 15 is 0 Å². The fourth-order valence-corrected chi connectivity index (χ4v) is 2.16. The third kappa shape index (κ3) is 2.68. The minimum absolute atomic E-state index is 0.106. The summed E-state index contributed by atoms with van der Waals surface area (Å²) in [6, 6.07) is 4.29. The Balaban J connectivity index is 2.26. The van der Waals surface area contributed by atoms with E-state index in [0.717, 1.165) is 6.41 Å². The number of nitrogens with two attached hydrogens (primary N) is 1. The quantitative estimate of drug-likeness (QED) is 0.472. The second kappa shape index (κ2) is 5.55. The fourth-order valence-electron chi connectivity index (χ4n) is 2.16. The number of carbonyl (C=O) groups is 2. The van der Waals surface area contributed by atoms with Crippen LogP contribution in [0.5, 0.6) is 0 Å². The summed E-state index contributed by atoms with van der Waals surface area (Å²) in [7, 11) is 0. The smallest absolute Gasteiger partial charge is 0.282 e. The minimum Gasteiger partial charge on any atom is -0.368 e. The minimum atomic E-state index is -0.829. The number of nitro groups is 1.